The molecule has 0 aliphatic heterocycles. The Morgan fingerprint density at radius 2 is 2.05 bits per heavy atom. The lowest BCUT2D eigenvalue weighted by Gasteiger charge is -2.13. The molecule has 0 amide bonds. The number of nitrogens with one attached hydrogen (secondary N) is 2. The van der Waals surface area contributed by atoms with Crippen LogP contribution in [0.2, 0.25) is 0 Å². The Morgan fingerprint density at radius 1 is 1.30 bits per heavy atom. The molecule has 108 valence electrons. The molecule has 1 aromatic heterocycles. The van der Waals surface area contributed by atoms with Crippen LogP contribution in [0, 0.1) is 0 Å². The molecular formula is C12H16N4O2S2. The van der Waals surface area contributed by atoms with Crippen molar-refractivity contribution in [3.05, 3.63) is 35.3 Å². The lowest BCUT2D eigenvalue weighted by atomic mass is 10.2. The van der Waals surface area contributed by atoms with Crippen LogP contribution in [-0.4, -0.2) is 24.7 Å². The molecule has 0 saturated carbocycles. The lowest BCUT2D eigenvalue weighted by Crippen LogP contribution is -2.24. The summed E-state index contributed by atoms with van der Waals surface area (Å²) in [6, 6.07) is 7.18. The predicted molar refractivity (Wildman–Crippen MR) is 79.1 cm³/mol. The Labute approximate surface area is 122 Å². The van der Waals surface area contributed by atoms with Gasteiger partial charge in [-0.15, -0.1) is 10.2 Å². The van der Waals surface area contributed by atoms with Gasteiger partial charge >= 0.3 is 0 Å². The van der Waals surface area contributed by atoms with Crippen molar-refractivity contribution in [2.75, 3.05) is 4.72 Å². The minimum absolute atomic E-state index is 0.253. The summed E-state index contributed by atoms with van der Waals surface area (Å²) in [5.41, 5.74) is 2.20. The number of anilines is 1. The van der Waals surface area contributed by atoms with E-state index in [0.717, 1.165) is 16.9 Å². The quantitative estimate of drug-likeness (QED) is 0.850. The van der Waals surface area contributed by atoms with Gasteiger partial charge in [0.05, 0.1) is 4.90 Å². The summed E-state index contributed by atoms with van der Waals surface area (Å²) in [4.78, 5) is 0.253. The van der Waals surface area contributed by atoms with Crippen LogP contribution in [0.4, 0.5) is 5.13 Å². The van der Waals surface area contributed by atoms with Gasteiger partial charge in [-0.25, -0.2) is 8.42 Å². The Balaban J connectivity index is 2.26. The Kier molecular flexibility index (Phi) is 4.69. The zero-order valence-electron chi connectivity index (χ0n) is 11.2. The summed E-state index contributed by atoms with van der Waals surface area (Å²) in [6.07, 6.45) is 0. The first-order valence-corrected chi connectivity index (χ1v) is 8.45. The summed E-state index contributed by atoms with van der Waals surface area (Å²) in [5, 5.41) is 10.8. The van der Waals surface area contributed by atoms with E-state index in [0.29, 0.717) is 6.54 Å². The van der Waals surface area contributed by atoms with Gasteiger partial charge in [0.15, 0.2) is 0 Å². The molecule has 2 rings (SSSR count). The normalized spacial score (nSPS) is 11.8. The number of hydrogen-bond donors (Lipinski definition) is 2. The van der Waals surface area contributed by atoms with E-state index in [1.165, 1.54) is 5.51 Å². The molecule has 0 atom stereocenters. The van der Waals surface area contributed by atoms with Crippen molar-refractivity contribution in [3.8, 4) is 0 Å². The van der Waals surface area contributed by atoms with Crippen molar-refractivity contribution in [2.45, 2.75) is 31.3 Å². The number of benzene rings is 1. The molecule has 0 saturated heterocycles. The zero-order chi connectivity index (χ0) is 14.6. The molecule has 0 fully saturated rings. The van der Waals surface area contributed by atoms with Crippen molar-refractivity contribution >= 4 is 26.5 Å². The third-order valence-electron chi connectivity index (χ3n) is 2.54. The van der Waals surface area contributed by atoms with Crippen LogP contribution in [0.15, 0.2) is 34.7 Å². The van der Waals surface area contributed by atoms with E-state index in [1.54, 1.807) is 18.2 Å². The van der Waals surface area contributed by atoms with Gasteiger partial charge < -0.3 is 5.32 Å². The topological polar surface area (TPSA) is 84.0 Å². The van der Waals surface area contributed by atoms with E-state index in [-0.39, 0.29) is 16.1 Å². The van der Waals surface area contributed by atoms with E-state index < -0.39 is 10.0 Å². The summed E-state index contributed by atoms with van der Waals surface area (Å²) in [7, 11) is -3.64. The summed E-state index contributed by atoms with van der Waals surface area (Å²) < 4.78 is 27.2. The maximum atomic E-state index is 12.4. The van der Waals surface area contributed by atoms with Crippen molar-refractivity contribution in [3.63, 3.8) is 0 Å². The zero-order valence-corrected chi connectivity index (χ0v) is 12.8. The third kappa shape index (κ3) is 3.75. The minimum Gasteiger partial charge on any atom is -0.310 e. The number of sulfonamides is 1. The van der Waals surface area contributed by atoms with Crippen molar-refractivity contribution < 1.29 is 8.42 Å². The Hall–Kier alpha value is -1.51. The van der Waals surface area contributed by atoms with Crippen LogP contribution < -0.4 is 10.0 Å². The van der Waals surface area contributed by atoms with E-state index in [1.807, 2.05) is 19.9 Å². The van der Waals surface area contributed by atoms with Gasteiger partial charge in [-0.2, -0.15) is 0 Å². The van der Waals surface area contributed by atoms with Crippen molar-refractivity contribution in [2.24, 2.45) is 0 Å². The molecule has 0 aliphatic rings. The molecule has 0 spiro atoms. The van der Waals surface area contributed by atoms with E-state index >= 15 is 0 Å². The lowest BCUT2D eigenvalue weighted by molar-refractivity contribution is 0.576. The first kappa shape index (κ1) is 14.9. The number of rotatable bonds is 6. The van der Waals surface area contributed by atoms with Gasteiger partial charge in [0.25, 0.3) is 10.0 Å². The minimum atomic E-state index is -3.64. The molecule has 0 bridgehead atoms. The fraction of sp³-hybridized carbons (Fsp3) is 0.333. The molecule has 0 unspecified atom stereocenters. The predicted octanol–water partition coefficient (Wildman–Crippen LogP) is 1.84. The van der Waals surface area contributed by atoms with Gasteiger partial charge in [-0.3, -0.25) is 4.72 Å². The molecule has 8 heteroatoms. The second-order valence-corrected chi connectivity index (χ2v) is 6.98. The van der Waals surface area contributed by atoms with Crippen LogP contribution >= 0.6 is 11.3 Å². The SMILES string of the molecule is CC(C)NCc1ccccc1S(=O)(=O)Nc1nncs1. The first-order valence-electron chi connectivity index (χ1n) is 6.09. The highest BCUT2D eigenvalue weighted by Gasteiger charge is 2.19. The van der Waals surface area contributed by atoms with Crippen LogP contribution in [0.25, 0.3) is 0 Å². The van der Waals surface area contributed by atoms with Crippen molar-refractivity contribution in [1.82, 2.24) is 15.5 Å². The fourth-order valence-corrected chi connectivity index (χ4v) is 3.55. The summed E-state index contributed by atoms with van der Waals surface area (Å²) >= 11 is 1.14. The van der Waals surface area contributed by atoms with Crippen LogP contribution in [-0.2, 0) is 16.6 Å². The number of aromatic nitrogens is 2. The standard InChI is InChI=1S/C12H16N4O2S2/c1-9(2)13-7-10-5-3-4-6-11(10)20(17,18)16-12-15-14-8-19-12/h3-6,8-9,13H,7H2,1-2H3,(H,15,16). The highest BCUT2D eigenvalue weighted by Crippen LogP contribution is 2.20. The molecule has 0 radical (unpaired) electrons. The molecule has 6 nitrogen and oxygen atoms in total. The molecule has 2 N–H and O–H groups in total. The smallest absolute Gasteiger partial charge is 0.264 e. The monoisotopic (exact) mass is 312 g/mol. The van der Waals surface area contributed by atoms with Gasteiger partial charge in [0, 0.05) is 12.6 Å². The van der Waals surface area contributed by atoms with Gasteiger partial charge in [0.2, 0.25) is 5.13 Å². The maximum absolute atomic E-state index is 12.4. The van der Waals surface area contributed by atoms with E-state index in [9.17, 15) is 8.42 Å². The van der Waals surface area contributed by atoms with Crippen LogP contribution in [0.3, 0.4) is 0 Å². The van der Waals surface area contributed by atoms with E-state index in [4.69, 9.17) is 0 Å². The average molecular weight is 312 g/mol. The highest BCUT2D eigenvalue weighted by atomic mass is 32.2. The second-order valence-electron chi connectivity index (χ2n) is 4.49. The average Bonchev–Trinajstić information content (AvgIpc) is 2.88. The molecule has 20 heavy (non-hydrogen) atoms. The molecule has 2 aromatic rings. The maximum Gasteiger partial charge on any atom is 0.264 e. The largest absolute Gasteiger partial charge is 0.310 e. The third-order valence-corrected chi connectivity index (χ3v) is 4.72. The first-order chi connectivity index (χ1) is 9.49. The molecule has 0 aliphatic carbocycles. The molecule has 1 heterocycles. The molecular weight excluding hydrogens is 296 g/mol. The number of hydrogen-bond acceptors (Lipinski definition) is 6. The van der Waals surface area contributed by atoms with Gasteiger partial charge in [-0.05, 0) is 11.6 Å². The van der Waals surface area contributed by atoms with Crippen LogP contribution in [0.5, 0.6) is 0 Å². The summed E-state index contributed by atoms with van der Waals surface area (Å²) in [5.74, 6) is 0. The van der Waals surface area contributed by atoms with Gasteiger partial charge in [-0.1, -0.05) is 43.4 Å². The summed E-state index contributed by atoms with van der Waals surface area (Å²) in [6.45, 7) is 4.51. The van der Waals surface area contributed by atoms with Crippen LogP contribution in [0.1, 0.15) is 19.4 Å². The Morgan fingerprint density at radius 3 is 2.70 bits per heavy atom. The van der Waals surface area contributed by atoms with Gasteiger partial charge in [0.1, 0.15) is 5.51 Å². The van der Waals surface area contributed by atoms with E-state index in [2.05, 4.69) is 20.2 Å². The second kappa shape index (κ2) is 6.29. The van der Waals surface area contributed by atoms with Crippen molar-refractivity contribution in [1.29, 1.82) is 0 Å². The number of nitrogens with zero attached hydrogens (tertiary/aromatic N) is 2. The fourth-order valence-electron chi connectivity index (χ4n) is 1.61. The highest BCUT2D eigenvalue weighted by molar-refractivity contribution is 7.93. The molecule has 1 aromatic carbocycles. The Bertz CT molecular complexity index is 654.